The molecule has 1 unspecified atom stereocenters. The third-order valence-corrected chi connectivity index (χ3v) is 9.03. The molecule has 11 heteroatoms. The van der Waals surface area contributed by atoms with Gasteiger partial charge in [0.25, 0.3) is 5.78 Å². The highest BCUT2D eigenvalue weighted by atomic mass is 35.5. The van der Waals surface area contributed by atoms with Crippen LogP contribution in [0.4, 0.5) is 5.13 Å². The Kier molecular flexibility index (Phi) is 9.29. The molecule has 0 spiro atoms. The SMILES string of the molecule is CCCCOc1ccc(C2/C(=C(/O)c3ccc(Cl)cc3)C(=O)C(=O)N2c2nnc(SCc3ccc(Cl)cc3)s2)cc1. The summed E-state index contributed by atoms with van der Waals surface area (Å²) in [6, 6.07) is 20.2. The number of hydrogen-bond donors (Lipinski definition) is 1. The number of Topliss-reactive ketones (excluding diaryl/α,β-unsaturated/α-hetero) is 1. The summed E-state index contributed by atoms with van der Waals surface area (Å²) in [6.07, 6.45) is 1.94. The van der Waals surface area contributed by atoms with E-state index in [1.165, 1.54) is 28.0 Å². The lowest BCUT2D eigenvalue weighted by atomic mass is 9.95. The largest absolute Gasteiger partial charge is 0.507 e. The Balaban J connectivity index is 1.50. The minimum atomic E-state index is -0.919. The highest BCUT2D eigenvalue weighted by Crippen LogP contribution is 2.44. The van der Waals surface area contributed by atoms with Crippen molar-refractivity contribution in [3.8, 4) is 5.75 Å². The number of halogens is 2. The number of carbonyl (C=O) groups excluding carboxylic acids is 2. The second kappa shape index (κ2) is 13.1. The van der Waals surface area contributed by atoms with Gasteiger partial charge in [0.2, 0.25) is 5.13 Å². The van der Waals surface area contributed by atoms with Crippen LogP contribution in [0.2, 0.25) is 10.0 Å². The smallest absolute Gasteiger partial charge is 0.301 e. The van der Waals surface area contributed by atoms with E-state index in [4.69, 9.17) is 27.9 Å². The average molecular weight is 627 g/mol. The molecule has 1 amide bonds. The Labute approximate surface area is 255 Å². The lowest BCUT2D eigenvalue weighted by molar-refractivity contribution is -0.132. The molecule has 1 N–H and O–H groups in total. The van der Waals surface area contributed by atoms with Gasteiger partial charge in [-0.05, 0) is 66.1 Å². The minimum Gasteiger partial charge on any atom is -0.507 e. The zero-order valence-electron chi connectivity index (χ0n) is 21.9. The van der Waals surface area contributed by atoms with Crippen LogP contribution in [-0.2, 0) is 15.3 Å². The third kappa shape index (κ3) is 6.59. The lowest BCUT2D eigenvalue weighted by Gasteiger charge is -2.22. The summed E-state index contributed by atoms with van der Waals surface area (Å²) in [4.78, 5) is 28.2. The molecular formula is C30H25Cl2N3O4S2. The molecule has 4 aromatic rings. The van der Waals surface area contributed by atoms with Gasteiger partial charge >= 0.3 is 5.91 Å². The number of rotatable bonds is 10. The van der Waals surface area contributed by atoms with Gasteiger partial charge in [-0.2, -0.15) is 0 Å². The number of ether oxygens (including phenoxy) is 1. The molecule has 1 aliphatic rings. The first-order valence-corrected chi connectivity index (χ1v) is 15.4. The van der Waals surface area contributed by atoms with E-state index in [9.17, 15) is 14.7 Å². The van der Waals surface area contributed by atoms with Crippen LogP contribution in [0, 0.1) is 0 Å². The molecule has 41 heavy (non-hydrogen) atoms. The van der Waals surface area contributed by atoms with Crippen LogP contribution in [0.25, 0.3) is 5.76 Å². The van der Waals surface area contributed by atoms with Gasteiger partial charge in [-0.1, -0.05) is 83.9 Å². The fourth-order valence-corrected chi connectivity index (χ4v) is 6.35. The summed E-state index contributed by atoms with van der Waals surface area (Å²) in [6.45, 7) is 2.68. The highest BCUT2D eigenvalue weighted by molar-refractivity contribution is 8.00. The van der Waals surface area contributed by atoms with Gasteiger partial charge in [0.05, 0.1) is 18.2 Å². The quantitative estimate of drug-likeness (QED) is 0.0477. The maximum absolute atomic E-state index is 13.5. The summed E-state index contributed by atoms with van der Waals surface area (Å²) in [5, 5.41) is 21.2. The van der Waals surface area contributed by atoms with E-state index in [-0.39, 0.29) is 16.5 Å². The summed E-state index contributed by atoms with van der Waals surface area (Å²) < 4.78 is 6.43. The van der Waals surface area contributed by atoms with Crippen molar-refractivity contribution in [2.45, 2.75) is 35.9 Å². The molecule has 0 aliphatic carbocycles. The van der Waals surface area contributed by atoms with Crippen LogP contribution >= 0.6 is 46.3 Å². The first kappa shape index (κ1) is 29.1. The van der Waals surface area contributed by atoms with Gasteiger partial charge in [-0.25, -0.2) is 0 Å². The Bertz CT molecular complexity index is 1570. The van der Waals surface area contributed by atoms with Crippen molar-refractivity contribution in [3.63, 3.8) is 0 Å². The lowest BCUT2D eigenvalue weighted by Crippen LogP contribution is -2.29. The molecule has 7 nitrogen and oxygen atoms in total. The Hall–Kier alpha value is -3.37. The van der Waals surface area contributed by atoms with E-state index >= 15 is 0 Å². The van der Waals surface area contributed by atoms with Crippen LogP contribution in [0.5, 0.6) is 5.75 Å². The number of carbonyl (C=O) groups is 2. The fourth-order valence-electron chi connectivity index (χ4n) is 4.27. The second-order valence-electron chi connectivity index (χ2n) is 9.21. The molecule has 0 bridgehead atoms. The summed E-state index contributed by atoms with van der Waals surface area (Å²) in [5.41, 5.74) is 2.00. The molecule has 1 saturated heterocycles. The van der Waals surface area contributed by atoms with Crippen LogP contribution in [-0.4, -0.2) is 33.6 Å². The Morgan fingerprint density at radius 1 is 0.976 bits per heavy atom. The number of aromatic nitrogens is 2. The highest BCUT2D eigenvalue weighted by Gasteiger charge is 2.48. The number of ketones is 1. The van der Waals surface area contributed by atoms with Crippen LogP contribution in [0.3, 0.4) is 0 Å². The number of aliphatic hydroxyl groups excluding tert-OH is 1. The normalized spacial score (nSPS) is 16.4. The van der Waals surface area contributed by atoms with Crippen molar-refractivity contribution >= 4 is 68.9 Å². The van der Waals surface area contributed by atoms with E-state index in [1.807, 2.05) is 24.3 Å². The van der Waals surface area contributed by atoms with Crippen molar-refractivity contribution in [1.29, 1.82) is 0 Å². The topological polar surface area (TPSA) is 92.6 Å². The van der Waals surface area contributed by atoms with Gasteiger partial charge < -0.3 is 9.84 Å². The molecule has 2 heterocycles. The number of hydrogen-bond acceptors (Lipinski definition) is 8. The van der Waals surface area contributed by atoms with E-state index in [0.29, 0.717) is 43.6 Å². The molecule has 0 saturated carbocycles. The maximum atomic E-state index is 13.5. The molecule has 210 valence electrons. The number of thioether (sulfide) groups is 1. The van der Waals surface area contributed by atoms with Crippen molar-refractivity contribution in [1.82, 2.24) is 10.2 Å². The molecular weight excluding hydrogens is 601 g/mol. The van der Waals surface area contributed by atoms with E-state index in [1.54, 1.807) is 48.5 Å². The first-order valence-electron chi connectivity index (χ1n) is 12.9. The van der Waals surface area contributed by atoms with Crippen LogP contribution < -0.4 is 9.64 Å². The monoisotopic (exact) mass is 625 g/mol. The number of nitrogens with zero attached hydrogens (tertiary/aromatic N) is 3. The summed E-state index contributed by atoms with van der Waals surface area (Å²) in [7, 11) is 0. The Morgan fingerprint density at radius 2 is 1.63 bits per heavy atom. The van der Waals surface area contributed by atoms with Crippen LogP contribution in [0.15, 0.2) is 82.7 Å². The zero-order valence-corrected chi connectivity index (χ0v) is 25.1. The van der Waals surface area contributed by atoms with Gasteiger partial charge in [0.1, 0.15) is 11.5 Å². The summed E-state index contributed by atoms with van der Waals surface area (Å²) >= 11 is 14.7. The summed E-state index contributed by atoms with van der Waals surface area (Å²) in [5.74, 6) is -0.592. The number of anilines is 1. The molecule has 1 aliphatic heterocycles. The van der Waals surface area contributed by atoms with Crippen molar-refractivity contribution in [2.24, 2.45) is 0 Å². The predicted octanol–water partition coefficient (Wildman–Crippen LogP) is 7.94. The maximum Gasteiger partial charge on any atom is 0.301 e. The Morgan fingerprint density at radius 3 is 2.29 bits per heavy atom. The number of aliphatic hydroxyl groups is 1. The standard InChI is InChI=1S/C30H25Cl2N3O4S2/c1-2-3-16-39-23-14-8-19(9-15-23)25-24(26(36)20-6-12-22(32)13-7-20)27(37)28(38)35(25)29-33-34-30(41-29)40-17-18-4-10-21(31)11-5-18/h4-15,25,36H,2-3,16-17H2,1H3/b26-24-. The number of amides is 1. The van der Waals surface area contributed by atoms with E-state index in [0.717, 1.165) is 18.4 Å². The molecule has 3 aromatic carbocycles. The molecule has 5 rings (SSSR count). The third-order valence-electron chi connectivity index (χ3n) is 6.40. The van der Waals surface area contributed by atoms with E-state index < -0.39 is 17.7 Å². The minimum absolute atomic E-state index is 0.0393. The number of benzene rings is 3. The van der Waals surface area contributed by atoms with Gasteiger partial charge in [0, 0.05) is 21.4 Å². The first-order chi connectivity index (χ1) is 19.9. The fraction of sp³-hybridized carbons (Fsp3) is 0.200. The zero-order chi connectivity index (χ0) is 28.9. The van der Waals surface area contributed by atoms with Crippen LogP contribution in [0.1, 0.15) is 42.5 Å². The van der Waals surface area contributed by atoms with Crippen molar-refractivity contribution in [3.05, 3.63) is 105 Å². The predicted molar refractivity (Wildman–Crippen MR) is 164 cm³/mol. The molecule has 0 radical (unpaired) electrons. The molecule has 1 fully saturated rings. The van der Waals surface area contributed by atoms with Crippen molar-refractivity contribution in [2.75, 3.05) is 11.5 Å². The molecule has 1 aromatic heterocycles. The van der Waals surface area contributed by atoms with Gasteiger partial charge in [0.15, 0.2) is 4.34 Å². The average Bonchev–Trinajstić information content (AvgIpc) is 3.55. The molecule has 1 atom stereocenters. The van der Waals surface area contributed by atoms with Gasteiger partial charge in [-0.15, -0.1) is 10.2 Å². The number of unbranched alkanes of at least 4 members (excludes halogenated alkanes) is 1. The van der Waals surface area contributed by atoms with Crippen molar-refractivity contribution < 1.29 is 19.4 Å². The van der Waals surface area contributed by atoms with Gasteiger partial charge in [-0.3, -0.25) is 14.5 Å². The van der Waals surface area contributed by atoms with E-state index in [2.05, 4.69) is 17.1 Å². The second-order valence-corrected chi connectivity index (χ2v) is 12.3.